The van der Waals surface area contributed by atoms with E-state index >= 15 is 0 Å². The van der Waals surface area contributed by atoms with Crippen molar-refractivity contribution in [2.45, 2.75) is 40.5 Å². The summed E-state index contributed by atoms with van der Waals surface area (Å²) in [6, 6.07) is 4.17. The number of nitrogens with zero attached hydrogens (tertiary/aromatic N) is 1. The van der Waals surface area contributed by atoms with Crippen LogP contribution in [0.15, 0.2) is 29.3 Å². The first-order valence-electron chi connectivity index (χ1n) is 6.18. The van der Waals surface area contributed by atoms with Crippen LogP contribution in [-0.2, 0) is 0 Å². The molecule has 1 aliphatic rings. The summed E-state index contributed by atoms with van der Waals surface area (Å²) in [4.78, 5) is 4.36. The van der Waals surface area contributed by atoms with Crippen LogP contribution in [0.2, 0.25) is 0 Å². The Kier molecular flexibility index (Phi) is 5.43. The van der Waals surface area contributed by atoms with Gasteiger partial charge in [0.15, 0.2) is 0 Å². The summed E-state index contributed by atoms with van der Waals surface area (Å²) >= 11 is 6.19. The van der Waals surface area contributed by atoms with Crippen molar-refractivity contribution < 1.29 is 0 Å². The highest BCUT2D eigenvalue weighted by Gasteiger charge is 2.09. The van der Waals surface area contributed by atoms with Gasteiger partial charge in [-0.15, -0.1) is 0 Å². The lowest BCUT2D eigenvalue weighted by molar-refractivity contribution is 1.03. The number of halogens is 1. The fourth-order valence-corrected chi connectivity index (χ4v) is 2.19. The van der Waals surface area contributed by atoms with Gasteiger partial charge < -0.3 is 0 Å². The normalized spacial score (nSPS) is 14.4. The van der Waals surface area contributed by atoms with E-state index in [0.29, 0.717) is 0 Å². The predicted molar refractivity (Wildman–Crippen MR) is 76.2 cm³/mol. The van der Waals surface area contributed by atoms with Gasteiger partial charge in [-0.05, 0) is 50.0 Å². The third-order valence-electron chi connectivity index (χ3n) is 2.49. The van der Waals surface area contributed by atoms with Crippen LogP contribution in [0.1, 0.15) is 43.6 Å². The summed E-state index contributed by atoms with van der Waals surface area (Å²) in [5.74, 6) is 0. The van der Waals surface area contributed by atoms with Gasteiger partial charge in [0.1, 0.15) is 0 Å². The van der Waals surface area contributed by atoms with Gasteiger partial charge in [-0.25, -0.2) is 0 Å². The van der Waals surface area contributed by atoms with Gasteiger partial charge in [0, 0.05) is 16.4 Å². The van der Waals surface area contributed by atoms with Crippen molar-refractivity contribution in [1.82, 2.24) is 4.98 Å². The van der Waals surface area contributed by atoms with Gasteiger partial charge in [-0.2, -0.15) is 0 Å². The minimum absolute atomic E-state index is 0.867. The number of aryl methyl sites for hydroxylation is 2. The van der Waals surface area contributed by atoms with E-state index in [1.807, 2.05) is 27.7 Å². The summed E-state index contributed by atoms with van der Waals surface area (Å²) in [6.07, 6.45) is 6.41. The van der Waals surface area contributed by atoms with Crippen LogP contribution in [-0.4, -0.2) is 4.98 Å². The van der Waals surface area contributed by atoms with E-state index in [0.717, 1.165) is 34.8 Å². The van der Waals surface area contributed by atoms with Crippen LogP contribution >= 0.6 is 11.6 Å². The molecule has 0 fully saturated rings. The first-order chi connectivity index (χ1) is 8.16. The molecule has 17 heavy (non-hydrogen) atoms. The van der Waals surface area contributed by atoms with Crippen LogP contribution in [0.25, 0.3) is 5.57 Å². The Hall–Kier alpha value is -1.08. The van der Waals surface area contributed by atoms with Gasteiger partial charge in [0.25, 0.3) is 0 Å². The number of aromatic nitrogens is 1. The van der Waals surface area contributed by atoms with E-state index in [1.165, 1.54) is 5.56 Å². The average molecular weight is 250 g/mol. The molecule has 2 heteroatoms. The Bertz CT molecular complexity index is 424. The Morgan fingerprint density at radius 1 is 1.00 bits per heavy atom. The molecular formula is C15H20ClN. The second kappa shape index (κ2) is 6.61. The lowest BCUT2D eigenvalue weighted by atomic mass is 9.99. The molecule has 0 aromatic carbocycles. The molecule has 0 spiro atoms. The molecule has 1 heterocycles. The molecule has 0 unspecified atom stereocenters. The van der Waals surface area contributed by atoms with Crippen molar-refractivity contribution >= 4 is 17.2 Å². The maximum atomic E-state index is 6.19. The fourth-order valence-electron chi connectivity index (χ4n) is 1.89. The van der Waals surface area contributed by atoms with Crippen LogP contribution < -0.4 is 0 Å². The first kappa shape index (κ1) is 14.0. The Morgan fingerprint density at radius 2 is 1.53 bits per heavy atom. The Morgan fingerprint density at radius 3 is 2.06 bits per heavy atom. The molecule has 2 rings (SSSR count). The first-order valence-corrected chi connectivity index (χ1v) is 6.56. The number of hydrogen-bond donors (Lipinski definition) is 0. The molecule has 1 aliphatic carbocycles. The van der Waals surface area contributed by atoms with E-state index < -0.39 is 0 Å². The van der Waals surface area contributed by atoms with Crippen LogP contribution in [0.3, 0.4) is 0 Å². The van der Waals surface area contributed by atoms with Crippen molar-refractivity contribution in [3.05, 3.63) is 46.3 Å². The van der Waals surface area contributed by atoms with Crippen molar-refractivity contribution in [2.24, 2.45) is 0 Å². The number of hydrogen-bond acceptors (Lipinski definition) is 1. The molecule has 0 bridgehead atoms. The zero-order valence-corrected chi connectivity index (χ0v) is 11.8. The summed E-state index contributed by atoms with van der Waals surface area (Å²) in [6.45, 7) is 8.02. The molecule has 0 amide bonds. The van der Waals surface area contributed by atoms with Crippen LogP contribution in [0.4, 0.5) is 0 Å². The van der Waals surface area contributed by atoms with Crippen LogP contribution in [0, 0.1) is 13.8 Å². The third-order valence-corrected chi connectivity index (χ3v) is 2.85. The standard InChI is InChI=1S/C13H14ClN.C2H6/c1-9-7-11(8-10(2)15-9)12-5-3-4-6-13(12)14;1-2/h5-8H,3-4H2,1-2H3;1-2H3. The molecule has 92 valence electrons. The topological polar surface area (TPSA) is 12.9 Å². The van der Waals surface area contributed by atoms with Crippen molar-refractivity contribution in [3.63, 3.8) is 0 Å². The lowest BCUT2D eigenvalue weighted by Crippen LogP contribution is -1.94. The SMILES string of the molecule is CC.Cc1cc(C2=CCCC=C2Cl)cc(C)n1. The maximum absolute atomic E-state index is 6.19. The number of pyridine rings is 1. The van der Waals surface area contributed by atoms with Gasteiger partial charge in [0.05, 0.1) is 0 Å². The predicted octanol–water partition coefficient (Wildman–Crippen LogP) is 5.02. The molecule has 0 radical (unpaired) electrons. The molecule has 0 saturated carbocycles. The number of allylic oxidation sites excluding steroid dienone is 4. The van der Waals surface area contributed by atoms with Crippen molar-refractivity contribution in [3.8, 4) is 0 Å². The van der Waals surface area contributed by atoms with E-state index in [4.69, 9.17) is 11.6 Å². The minimum Gasteiger partial charge on any atom is -0.258 e. The number of rotatable bonds is 1. The summed E-state index contributed by atoms with van der Waals surface area (Å²) in [5.41, 5.74) is 4.42. The van der Waals surface area contributed by atoms with E-state index in [1.54, 1.807) is 0 Å². The second-order valence-corrected chi connectivity index (χ2v) is 4.29. The maximum Gasteiger partial charge on any atom is 0.0441 e. The summed E-state index contributed by atoms with van der Waals surface area (Å²) < 4.78 is 0. The van der Waals surface area contributed by atoms with Gasteiger partial charge >= 0.3 is 0 Å². The zero-order chi connectivity index (χ0) is 12.8. The highest BCUT2D eigenvalue weighted by Crippen LogP contribution is 2.31. The molecule has 1 nitrogen and oxygen atoms in total. The lowest BCUT2D eigenvalue weighted by Gasteiger charge is -2.12. The van der Waals surface area contributed by atoms with Crippen molar-refractivity contribution in [1.29, 1.82) is 0 Å². The monoisotopic (exact) mass is 249 g/mol. The van der Waals surface area contributed by atoms with Crippen LogP contribution in [0.5, 0.6) is 0 Å². The summed E-state index contributed by atoms with van der Waals surface area (Å²) in [5, 5.41) is 0.867. The molecule has 0 N–H and O–H groups in total. The highest BCUT2D eigenvalue weighted by atomic mass is 35.5. The molecular weight excluding hydrogens is 230 g/mol. The van der Waals surface area contributed by atoms with Gasteiger partial charge in [-0.3, -0.25) is 4.98 Å². The largest absolute Gasteiger partial charge is 0.258 e. The van der Waals surface area contributed by atoms with E-state index in [-0.39, 0.29) is 0 Å². The quantitative estimate of drug-likeness (QED) is 0.681. The fraction of sp³-hybridized carbons (Fsp3) is 0.400. The van der Waals surface area contributed by atoms with Crippen molar-refractivity contribution in [2.75, 3.05) is 0 Å². The van der Waals surface area contributed by atoms with E-state index in [9.17, 15) is 0 Å². The molecule has 0 saturated heterocycles. The highest BCUT2D eigenvalue weighted by molar-refractivity contribution is 6.37. The average Bonchev–Trinajstić information content (AvgIpc) is 2.31. The molecule has 0 atom stereocenters. The van der Waals surface area contributed by atoms with E-state index in [2.05, 4.69) is 29.3 Å². The molecule has 1 aromatic heterocycles. The second-order valence-electron chi connectivity index (χ2n) is 3.89. The molecule has 1 aromatic rings. The smallest absolute Gasteiger partial charge is 0.0441 e. The Labute approximate surface area is 109 Å². The van der Waals surface area contributed by atoms with Gasteiger partial charge in [-0.1, -0.05) is 37.6 Å². The van der Waals surface area contributed by atoms with Gasteiger partial charge in [0.2, 0.25) is 0 Å². The summed E-state index contributed by atoms with van der Waals surface area (Å²) in [7, 11) is 0. The molecule has 0 aliphatic heterocycles. The third kappa shape index (κ3) is 3.71. The Balaban J connectivity index is 0.000000686. The zero-order valence-electron chi connectivity index (χ0n) is 11.0. The minimum atomic E-state index is 0.867.